The number of amides is 1. The van der Waals surface area contributed by atoms with Gasteiger partial charge >= 0.3 is 0 Å². The maximum atomic E-state index is 12.8. The Balaban J connectivity index is 1.71. The Kier molecular flexibility index (Phi) is 6.14. The minimum Gasteiger partial charge on any atom is -0.507 e. The van der Waals surface area contributed by atoms with Gasteiger partial charge in [-0.25, -0.2) is 0 Å². The summed E-state index contributed by atoms with van der Waals surface area (Å²) in [5.41, 5.74) is 1.47. The van der Waals surface area contributed by atoms with Crippen molar-refractivity contribution in [3.8, 4) is 5.75 Å². The molecule has 5 nitrogen and oxygen atoms in total. The van der Waals surface area contributed by atoms with Gasteiger partial charge in [0, 0.05) is 43.9 Å². The molecule has 1 fully saturated rings. The second kappa shape index (κ2) is 8.54. The highest BCUT2D eigenvalue weighted by atomic mass is 35.5. The Bertz CT molecular complexity index is 754. The van der Waals surface area contributed by atoms with Crippen molar-refractivity contribution >= 4 is 17.5 Å². The average molecular weight is 375 g/mol. The van der Waals surface area contributed by atoms with Crippen LogP contribution >= 0.6 is 11.6 Å². The Hall–Kier alpha value is -2.08. The van der Waals surface area contributed by atoms with E-state index < -0.39 is 0 Å². The van der Waals surface area contributed by atoms with Gasteiger partial charge in [0.15, 0.2) is 0 Å². The Labute approximate surface area is 158 Å². The fraction of sp³-hybridized carbons (Fsp3) is 0.350. The maximum Gasteiger partial charge on any atom is 0.257 e. The normalized spacial score (nSPS) is 18.1. The number of phenolic OH excluding ortho intramolecular Hbond substituents is 1. The number of aliphatic hydroxyl groups is 1. The first kappa shape index (κ1) is 18.7. The van der Waals surface area contributed by atoms with Crippen LogP contribution in [0.2, 0.25) is 5.02 Å². The number of hydrogen-bond acceptors (Lipinski definition) is 4. The molecule has 2 N–H and O–H groups in total. The summed E-state index contributed by atoms with van der Waals surface area (Å²) in [5.74, 6) is -0.311. The van der Waals surface area contributed by atoms with Crippen LogP contribution in [0.5, 0.6) is 5.75 Å². The van der Waals surface area contributed by atoms with Gasteiger partial charge in [-0.1, -0.05) is 41.9 Å². The number of aliphatic hydroxyl groups excluding tert-OH is 1. The molecule has 138 valence electrons. The van der Waals surface area contributed by atoms with Crippen molar-refractivity contribution in [3.05, 3.63) is 64.7 Å². The van der Waals surface area contributed by atoms with E-state index in [0.29, 0.717) is 24.5 Å². The summed E-state index contributed by atoms with van der Waals surface area (Å²) in [6.07, 6.45) is 0.600. The number of halogens is 1. The van der Waals surface area contributed by atoms with Gasteiger partial charge in [-0.2, -0.15) is 0 Å². The van der Waals surface area contributed by atoms with Gasteiger partial charge in [0.2, 0.25) is 0 Å². The van der Waals surface area contributed by atoms with Crippen LogP contribution < -0.4 is 0 Å². The molecule has 0 unspecified atom stereocenters. The molecule has 1 heterocycles. The summed E-state index contributed by atoms with van der Waals surface area (Å²) in [6, 6.07) is 14.8. The van der Waals surface area contributed by atoms with Gasteiger partial charge in [0.1, 0.15) is 5.75 Å². The van der Waals surface area contributed by atoms with E-state index in [1.807, 2.05) is 18.2 Å². The number of hydrogen-bond donors (Lipinski definition) is 2. The molecule has 0 spiro atoms. The molecule has 26 heavy (non-hydrogen) atoms. The van der Waals surface area contributed by atoms with Gasteiger partial charge in [-0.3, -0.25) is 9.69 Å². The summed E-state index contributed by atoms with van der Waals surface area (Å²) in [5, 5.41) is 19.9. The zero-order valence-corrected chi connectivity index (χ0v) is 15.3. The molecule has 2 aromatic rings. The summed E-state index contributed by atoms with van der Waals surface area (Å²) >= 11 is 5.85. The number of rotatable bonds is 5. The van der Waals surface area contributed by atoms with Crippen molar-refractivity contribution in [2.75, 3.05) is 26.2 Å². The average Bonchev–Trinajstić information content (AvgIpc) is 2.64. The highest BCUT2D eigenvalue weighted by Gasteiger charge is 2.30. The maximum absolute atomic E-state index is 12.8. The first-order chi connectivity index (χ1) is 12.6. The second-order valence-electron chi connectivity index (χ2n) is 6.53. The SMILES string of the molecule is O=C(c1ccc(Cl)cc1O)N1CCN(Cc2ccccc2)[C@@H](CCO)C1. The molecule has 1 saturated heterocycles. The third-order valence-electron chi connectivity index (χ3n) is 4.77. The van der Waals surface area contributed by atoms with Crippen molar-refractivity contribution < 1.29 is 15.0 Å². The molecule has 0 radical (unpaired) electrons. The van der Waals surface area contributed by atoms with Gasteiger partial charge < -0.3 is 15.1 Å². The number of carbonyl (C=O) groups is 1. The quantitative estimate of drug-likeness (QED) is 0.844. The predicted molar refractivity (Wildman–Crippen MR) is 101 cm³/mol. The largest absolute Gasteiger partial charge is 0.507 e. The number of benzene rings is 2. The van der Waals surface area contributed by atoms with Crippen LogP contribution in [0, 0.1) is 0 Å². The van der Waals surface area contributed by atoms with E-state index in [1.165, 1.54) is 11.6 Å². The molecule has 1 aliphatic heterocycles. The molecule has 2 aromatic carbocycles. The lowest BCUT2D eigenvalue weighted by molar-refractivity contribution is 0.0393. The number of piperazine rings is 1. The smallest absolute Gasteiger partial charge is 0.257 e. The van der Waals surface area contributed by atoms with E-state index in [4.69, 9.17) is 11.6 Å². The standard InChI is InChI=1S/C20H23ClN2O3/c21-16-6-7-18(19(25)12-16)20(26)23-10-9-22(17(14-23)8-11-24)13-15-4-2-1-3-5-15/h1-7,12,17,24-25H,8-11,13-14H2/t17-/m0/s1. The highest BCUT2D eigenvalue weighted by Crippen LogP contribution is 2.25. The van der Waals surface area contributed by atoms with Crippen LogP contribution in [0.15, 0.2) is 48.5 Å². The monoisotopic (exact) mass is 374 g/mol. The number of phenols is 1. The van der Waals surface area contributed by atoms with E-state index in [1.54, 1.807) is 17.0 Å². The number of nitrogens with zero attached hydrogens (tertiary/aromatic N) is 2. The van der Waals surface area contributed by atoms with Crippen LogP contribution in [0.25, 0.3) is 0 Å². The molecule has 3 rings (SSSR count). The first-order valence-corrected chi connectivity index (χ1v) is 9.13. The number of aromatic hydroxyl groups is 1. The van der Waals surface area contributed by atoms with Crippen molar-refractivity contribution in [2.45, 2.75) is 19.0 Å². The van der Waals surface area contributed by atoms with Crippen LogP contribution in [0.3, 0.4) is 0 Å². The predicted octanol–water partition coefficient (Wildman–Crippen LogP) is 2.75. The van der Waals surface area contributed by atoms with Crippen LogP contribution in [0.4, 0.5) is 0 Å². The Morgan fingerprint density at radius 2 is 1.92 bits per heavy atom. The van der Waals surface area contributed by atoms with Crippen molar-refractivity contribution in [1.82, 2.24) is 9.80 Å². The lowest BCUT2D eigenvalue weighted by Crippen LogP contribution is -2.54. The molecule has 0 bridgehead atoms. The van der Waals surface area contributed by atoms with Crippen molar-refractivity contribution in [1.29, 1.82) is 0 Å². The first-order valence-electron chi connectivity index (χ1n) is 8.75. The summed E-state index contributed by atoms with van der Waals surface area (Å²) in [6.45, 7) is 2.69. The van der Waals surface area contributed by atoms with Gasteiger partial charge in [0.25, 0.3) is 5.91 Å². The minimum atomic E-state index is -0.207. The summed E-state index contributed by atoms with van der Waals surface area (Å²) in [4.78, 5) is 16.8. The highest BCUT2D eigenvalue weighted by molar-refractivity contribution is 6.30. The lowest BCUT2D eigenvalue weighted by Gasteiger charge is -2.41. The van der Waals surface area contributed by atoms with Crippen molar-refractivity contribution in [2.24, 2.45) is 0 Å². The van der Waals surface area contributed by atoms with Gasteiger partial charge in [0.05, 0.1) is 5.56 Å². The third kappa shape index (κ3) is 4.36. The fourth-order valence-electron chi connectivity index (χ4n) is 3.38. The topological polar surface area (TPSA) is 64.0 Å². The van der Waals surface area contributed by atoms with Crippen molar-refractivity contribution in [3.63, 3.8) is 0 Å². The second-order valence-corrected chi connectivity index (χ2v) is 6.97. The third-order valence-corrected chi connectivity index (χ3v) is 5.01. The van der Waals surface area contributed by atoms with Crippen LogP contribution in [-0.2, 0) is 6.54 Å². The molecular weight excluding hydrogens is 352 g/mol. The van der Waals surface area contributed by atoms with E-state index >= 15 is 0 Å². The Morgan fingerprint density at radius 3 is 2.62 bits per heavy atom. The van der Waals surface area contributed by atoms with Gasteiger partial charge in [-0.05, 0) is 30.2 Å². The van der Waals surface area contributed by atoms with E-state index in [9.17, 15) is 15.0 Å². The summed E-state index contributed by atoms with van der Waals surface area (Å²) in [7, 11) is 0. The van der Waals surface area contributed by atoms with E-state index in [2.05, 4.69) is 17.0 Å². The summed E-state index contributed by atoms with van der Waals surface area (Å²) < 4.78 is 0. The van der Waals surface area contributed by atoms with Gasteiger partial charge in [-0.15, -0.1) is 0 Å². The fourth-order valence-corrected chi connectivity index (χ4v) is 3.55. The Morgan fingerprint density at radius 1 is 1.15 bits per heavy atom. The lowest BCUT2D eigenvalue weighted by atomic mass is 10.1. The molecule has 1 atom stereocenters. The van der Waals surface area contributed by atoms with Crippen LogP contribution in [0.1, 0.15) is 22.3 Å². The van der Waals surface area contributed by atoms with E-state index in [0.717, 1.165) is 13.1 Å². The zero-order valence-electron chi connectivity index (χ0n) is 14.5. The molecule has 1 aliphatic rings. The van der Waals surface area contributed by atoms with E-state index in [-0.39, 0.29) is 29.9 Å². The molecular formula is C20H23ClN2O3. The zero-order chi connectivity index (χ0) is 18.5. The molecule has 0 saturated carbocycles. The van der Waals surface area contributed by atoms with Crippen LogP contribution in [-0.4, -0.2) is 58.2 Å². The number of carbonyl (C=O) groups excluding carboxylic acids is 1. The molecule has 0 aliphatic carbocycles. The minimum absolute atomic E-state index is 0.0736. The molecule has 1 amide bonds. The molecule has 0 aromatic heterocycles. The molecule has 6 heteroatoms.